The molecule has 6 nitrogen and oxygen atoms in total. The molecule has 2 aromatic rings. The molecule has 0 aliphatic heterocycles. The molecule has 0 atom stereocenters. The number of halogens is 4. The van der Waals surface area contributed by atoms with Crippen molar-refractivity contribution in [3.63, 3.8) is 0 Å². The van der Waals surface area contributed by atoms with Crippen molar-refractivity contribution in [1.29, 1.82) is 0 Å². The average molecular weight is 494 g/mol. The second kappa shape index (κ2) is 10.4. The lowest BCUT2D eigenvalue weighted by Gasteiger charge is -2.30. The number of amides is 1. The molecule has 190 valence electrons. The van der Waals surface area contributed by atoms with Crippen LogP contribution in [0.4, 0.5) is 29.3 Å². The van der Waals surface area contributed by atoms with Gasteiger partial charge in [-0.2, -0.15) is 18.2 Å². The lowest BCUT2D eigenvalue weighted by atomic mass is 9.86. The molecule has 0 spiro atoms. The van der Waals surface area contributed by atoms with E-state index in [0.717, 1.165) is 81.1 Å². The Kier molecular flexibility index (Phi) is 7.47. The molecular formula is C25H31F4N5O. The highest BCUT2D eigenvalue weighted by Gasteiger charge is 2.37. The van der Waals surface area contributed by atoms with Gasteiger partial charge in [0.1, 0.15) is 11.6 Å². The number of aryl methyl sites for hydroxylation is 1. The topological polar surface area (TPSA) is 70.2 Å². The monoisotopic (exact) mass is 493 g/mol. The Morgan fingerprint density at radius 3 is 2.49 bits per heavy atom. The number of carbonyl (C=O) groups is 1. The molecule has 0 bridgehead atoms. The normalized spacial score (nSPS) is 20.2. The van der Waals surface area contributed by atoms with E-state index >= 15 is 0 Å². The van der Waals surface area contributed by atoms with E-state index in [1.54, 1.807) is 0 Å². The molecule has 1 heterocycles. The van der Waals surface area contributed by atoms with Crippen LogP contribution in [0.2, 0.25) is 0 Å². The molecule has 1 aromatic heterocycles. The van der Waals surface area contributed by atoms with E-state index in [1.165, 1.54) is 5.56 Å². The van der Waals surface area contributed by atoms with Crippen molar-refractivity contribution >= 4 is 17.7 Å². The van der Waals surface area contributed by atoms with Crippen LogP contribution in [0, 0.1) is 11.7 Å². The zero-order valence-corrected chi connectivity index (χ0v) is 20.0. The van der Waals surface area contributed by atoms with Gasteiger partial charge in [0.2, 0.25) is 5.95 Å². The Morgan fingerprint density at radius 2 is 1.80 bits per heavy atom. The predicted molar refractivity (Wildman–Crippen MR) is 126 cm³/mol. The van der Waals surface area contributed by atoms with Crippen LogP contribution in [-0.4, -0.2) is 42.6 Å². The third kappa shape index (κ3) is 5.85. The third-order valence-corrected chi connectivity index (χ3v) is 6.86. The summed E-state index contributed by atoms with van der Waals surface area (Å²) in [5.74, 6) is -0.507. The summed E-state index contributed by atoms with van der Waals surface area (Å²) in [4.78, 5) is 23.9. The Morgan fingerprint density at radius 1 is 1.09 bits per heavy atom. The van der Waals surface area contributed by atoms with Gasteiger partial charge >= 0.3 is 6.18 Å². The number of anilines is 2. The second-order valence-corrected chi connectivity index (χ2v) is 9.63. The Balaban J connectivity index is 1.33. The first-order valence-electron chi connectivity index (χ1n) is 12.1. The number of rotatable bonds is 6. The lowest BCUT2D eigenvalue weighted by Crippen LogP contribution is -2.35. The van der Waals surface area contributed by atoms with E-state index in [0.29, 0.717) is 5.95 Å². The summed E-state index contributed by atoms with van der Waals surface area (Å²) < 4.78 is 53.7. The maximum atomic E-state index is 14.1. The van der Waals surface area contributed by atoms with Crippen LogP contribution in [0.15, 0.2) is 18.2 Å². The minimum absolute atomic E-state index is 0.111. The summed E-state index contributed by atoms with van der Waals surface area (Å²) in [6.45, 7) is 0.206. The smallest absolute Gasteiger partial charge is 0.362 e. The first-order valence-corrected chi connectivity index (χ1v) is 12.1. The van der Waals surface area contributed by atoms with Gasteiger partial charge in [0.05, 0.1) is 16.8 Å². The van der Waals surface area contributed by atoms with Crippen molar-refractivity contribution < 1.29 is 22.4 Å². The number of carbonyl (C=O) groups excluding carboxylic acids is 1. The van der Waals surface area contributed by atoms with Gasteiger partial charge in [-0.05, 0) is 69.4 Å². The molecule has 1 aromatic carbocycles. The Labute approximate surface area is 202 Å². The number of alkyl halides is 3. The van der Waals surface area contributed by atoms with Crippen LogP contribution < -0.4 is 15.5 Å². The SMILES string of the molecule is CN(C)c1nc(N[C@H]2CC[C@@H](CNC(=O)c3c(F)cccc3C(F)(F)F)CC2)nc2c1CCCC2. The molecule has 4 rings (SSSR count). The standard InChI is InChI=1S/C25H31F4N5O/c1-34(2)22-17-6-3-4-9-20(17)32-24(33-22)31-16-12-10-15(11-13-16)14-30-23(35)21-18(25(27,28)29)7-5-8-19(21)26/h5,7-8,15-16H,3-4,6,9-14H2,1-2H3,(H,30,35)(H,31,32,33)/t15-,16+. The molecule has 0 unspecified atom stereocenters. The first-order chi connectivity index (χ1) is 16.6. The molecule has 2 aliphatic rings. The van der Waals surface area contributed by atoms with E-state index in [9.17, 15) is 22.4 Å². The van der Waals surface area contributed by atoms with Crippen molar-refractivity contribution in [1.82, 2.24) is 15.3 Å². The maximum Gasteiger partial charge on any atom is 0.417 e. The summed E-state index contributed by atoms with van der Waals surface area (Å²) in [7, 11) is 3.97. The first kappa shape index (κ1) is 25.2. The van der Waals surface area contributed by atoms with Gasteiger partial charge in [-0.3, -0.25) is 4.79 Å². The van der Waals surface area contributed by atoms with E-state index in [2.05, 4.69) is 10.6 Å². The van der Waals surface area contributed by atoms with Crippen molar-refractivity contribution in [2.45, 2.75) is 63.6 Å². The third-order valence-electron chi connectivity index (χ3n) is 6.86. The molecule has 0 saturated heterocycles. The highest BCUT2D eigenvalue weighted by Crippen LogP contribution is 2.33. The number of aromatic nitrogens is 2. The lowest BCUT2D eigenvalue weighted by molar-refractivity contribution is -0.138. The van der Waals surface area contributed by atoms with Crippen LogP contribution in [0.1, 0.15) is 65.7 Å². The van der Waals surface area contributed by atoms with E-state index in [1.807, 2.05) is 19.0 Å². The van der Waals surface area contributed by atoms with Crippen molar-refractivity contribution in [2.24, 2.45) is 5.92 Å². The Bertz CT molecular complexity index is 1060. The summed E-state index contributed by atoms with van der Waals surface area (Å²) in [5.41, 5.74) is 0.136. The molecule has 35 heavy (non-hydrogen) atoms. The predicted octanol–water partition coefficient (Wildman–Crippen LogP) is 4.98. The molecule has 1 fully saturated rings. The van der Waals surface area contributed by atoms with Gasteiger partial charge in [-0.1, -0.05) is 6.07 Å². The van der Waals surface area contributed by atoms with Crippen molar-refractivity contribution in [3.8, 4) is 0 Å². The highest BCUT2D eigenvalue weighted by molar-refractivity contribution is 5.96. The number of hydrogen-bond donors (Lipinski definition) is 2. The van der Waals surface area contributed by atoms with Gasteiger partial charge in [-0.25, -0.2) is 9.37 Å². The molecule has 0 radical (unpaired) electrons. The van der Waals surface area contributed by atoms with Gasteiger partial charge in [0.15, 0.2) is 0 Å². The fraction of sp³-hybridized carbons (Fsp3) is 0.560. The highest BCUT2D eigenvalue weighted by atomic mass is 19.4. The zero-order chi connectivity index (χ0) is 25.2. The van der Waals surface area contributed by atoms with Crippen LogP contribution >= 0.6 is 0 Å². The number of nitrogens with zero attached hydrogens (tertiary/aromatic N) is 3. The molecule has 2 N–H and O–H groups in total. The van der Waals surface area contributed by atoms with Crippen LogP contribution in [0.25, 0.3) is 0 Å². The Hall–Kier alpha value is -2.91. The number of fused-ring (bicyclic) bond motifs is 1. The summed E-state index contributed by atoms with van der Waals surface area (Å²) in [5, 5.41) is 5.97. The van der Waals surface area contributed by atoms with E-state index < -0.39 is 29.0 Å². The molecule has 2 aliphatic carbocycles. The number of benzene rings is 1. The molecular weight excluding hydrogens is 462 g/mol. The minimum Gasteiger partial charge on any atom is -0.362 e. The summed E-state index contributed by atoms with van der Waals surface area (Å²) in [6.07, 6.45) is 2.65. The van der Waals surface area contributed by atoms with Crippen molar-refractivity contribution in [2.75, 3.05) is 30.9 Å². The summed E-state index contributed by atoms with van der Waals surface area (Å²) in [6, 6.07) is 2.73. The summed E-state index contributed by atoms with van der Waals surface area (Å²) >= 11 is 0. The fourth-order valence-electron chi connectivity index (χ4n) is 5.02. The fourth-order valence-corrected chi connectivity index (χ4v) is 5.02. The second-order valence-electron chi connectivity index (χ2n) is 9.63. The number of hydrogen-bond acceptors (Lipinski definition) is 5. The van der Waals surface area contributed by atoms with E-state index in [4.69, 9.17) is 9.97 Å². The quantitative estimate of drug-likeness (QED) is 0.556. The number of nitrogens with one attached hydrogen (secondary N) is 2. The van der Waals surface area contributed by atoms with Crippen LogP contribution in [-0.2, 0) is 19.0 Å². The van der Waals surface area contributed by atoms with Crippen LogP contribution in [0.3, 0.4) is 0 Å². The van der Waals surface area contributed by atoms with Crippen molar-refractivity contribution in [3.05, 3.63) is 46.4 Å². The minimum atomic E-state index is -4.80. The maximum absolute atomic E-state index is 14.1. The molecule has 1 saturated carbocycles. The van der Waals surface area contributed by atoms with Gasteiger partial charge in [-0.15, -0.1) is 0 Å². The van der Waals surface area contributed by atoms with Crippen LogP contribution in [0.5, 0.6) is 0 Å². The molecule has 10 heteroatoms. The van der Waals surface area contributed by atoms with E-state index in [-0.39, 0.29) is 18.5 Å². The average Bonchev–Trinajstić information content (AvgIpc) is 2.82. The molecule has 1 amide bonds. The van der Waals surface area contributed by atoms with Gasteiger partial charge in [0.25, 0.3) is 5.91 Å². The van der Waals surface area contributed by atoms with Gasteiger partial charge in [0, 0.05) is 32.2 Å². The zero-order valence-electron chi connectivity index (χ0n) is 20.0. The van der Waals surface area contributed by atoms with Gasteiger partial charge < -0.3 is 15.5 Å². The largest absolute Gasteiger partial charge is 0.417 e.